The number of hydrogen-bond acceptors (Lipinski definition) is 22. The van der Waals surface area contributed by atoms with Crippen molar-refractivity contribution in [2.75, 3.05) is 32.7 Å². The summed E-state index contributed by atoms with van der Waals surface area (Å²) >= 11 is 0. The summed E-state index contributed by atoms with van der Waals surface area (Å²) in [6.07, 6.45) is -5.61. The first kappa shape index (κ1) is 117. The molecule has 15 atom stereocenters. The minimum atomic E-state index is -5.08. The molecule has 0 bridgehead atoms. The van der Waals surface area contributed by atoms with Crippen molar-refractivity contribution in [1.82, 2.24) is 63.8 Å². The average molecular weight is 1850 g/mol. The SMILES string of the molecule is C.CC[C@H](C)[C@H](NC(=O)[C@H](CCCN=C(N)N)NC(=O)[C@H](CCC(N)=O)NC(=O)[C@@H](NC(=O)[C@@H](NC(=O)[C@H](CCCN=C(N)N)NC(=O)[C@H](CCCCN)NC(=O)[C@@H](N)Cc1ccccc1)[C@@H](C)CC)C(C)C)C(=O)N[C@@H](CCCCN)C(=O)N[C@@H](CC(=O)O)C(=O)N[C@@H](Cc1ccccc1)C(=O)N[C@@H](CC(C)C)C(=O)N[C@@H](CCCN=C(N)N)C(=O)O.O=C(O)C(F)(F)F. The number of halogens is 3. The lowest BCUT2D eigenvalue weighted by Crippen LogP contribution is -2.62. The Hall–Kier alpha value is -12.6. The fourth-order valence-corrected chi connectivity index (χ4v) is 12.6. The number of carbonyl (C=O) groups excluding carboxylic acids is 13. The highest BCUT2D eigenvalue weighted by Crippen LogP contribution is 2.19. The Morgan fingerprint density at radius 3 is 1.04 bits per heavy atom. The van der Waals surface area contributed by atoms with Crippen molar-refractivity contribution in [3.63, 3.8) is 0 Å². The number of unbranched alkanes of at least 4 members (excludes halogenated alkanes) is 2. The summed E-state index contributed by atoms with van der Waals surface area (Å²) in [6.45, 7) is 13.7. The van der Waals surface area contributed by atoms with Crippen LogP contribution in [0.1, 0.15) is 190 Å². The monoisotopic (exact) mass is 1850 g/mol. The number of carboxylic acids is 3. The summed E-state index contributed by atoms with van der Waals surface area (Å²) in [5, 5.41) is 58.7. The van der Waals surface area contributed by atoms with Gasteiger partial charge in [-0.2, -0.15) is 13.2 Å². The van der Waals surface area contributed by atoms with E-state index in [0.29, 0.717) is 24.8 Å². The summed E-state index contributed by atoms with van der Waals surface area (Å²) in [7, 11) is 0. The molecule has 0 radical (unpaired) electrons. The van der Waals surface area contributed by atoms with Crippen molar-refractivity contribution in [3.8, 4) is 0 Å². The zero-order valence-corrected chi connectivity index (χ0v) is 74.4. The number of rotatable bonds is 61. The van der Waals surface area contributed by atoms with Crippen molar-refractivity contribution >= 4 is 113 Å². The van der Waals surface area contributed by atoms with E-state index in [-0.39, 0.29) is 154 Å². The van der Waals surface area contributed by atoms with Crippen LogP contribution in [0.4, 0.5) is 13.2 Å². The normalized spacial score (nSPS) is 14.5. The largest absolute Gasteiger partial charge is 0.490 e. The minimum absolute atomic E-state index is 0. The molecule has 0 fully saturated rings. The fourth-order valence-electron chi connectivity index (χ4n) is 12.6. The number of aliphatic imine (C=N–C) groups is 3. The van der Waals surface area contributed by atoms with E-state index in [2.05, 4.69) is 78.8 Å². The number of carboxylic acid groups (broad SMARTS) is 3. The molecule has 0 aromatic heterocycles. The molecule has 44 nitrogen and oxygen atoms in total. The number of alkyl halides is 3. The number of guanidine groups is 3. The maximum Gasteiger partial charge on any atom is 0.490 e. The smallest absolute Gasteiger partial charge is 0.481 e. The molecule has 0 aliphatic carbocycles. The lowest BCUT2D eigenvalue weighted by Gasteiger charge is -2.31. The number of nitrogens with zero attached hydrogens (tertiary/aromatic N) is 3. The summed E-state index contributed by atoms with van der Waals surface area (Å²) in [5.74, 6) is -21.0. The van der Waals surface area contributed by atoms with Crippen LogP contribution in [-0.2, 0) is 89.6 Å². The van der Waals surface area contributed by atoms with Gasteiger partial charge in [-0.1, -0.05) is 136 Å². The van der Waals surface area contributed by atoms with Crippen molar-refractivity contribution in [2.45, 2.75) is 276 Å². The van der Waals surface area contributed by atoms with Crippen LogP contribution in [0.2, 0.25) is 0 Å². The van der Waals surface area contributed by atoms with E-state index in [1.54, 1.807) is 110 Å². The van der Waals surface area contributed by atoms with E-state index >= 15 is 0 Å². The van der Waals surface area contributed by atoms with Crippen molar-refractivity contribution < 1.29 is 105 Å². The lowest BCUT2D eigenvalue weighted by atomic mass is 9.95. The lowest BCUT2D eigenvalue weighted by molar-refractivity contribution is -0.192. The van der Waals surface area contributed by atoms with Gasteiger partial charge in [-0.25, -0.2) is 9.59 Å². The van der Waals surface area contributed by atoms with Crippen LogP contribution in [0, 0.1) is 23.7 Å². The molecule has 0 spiro atoms. The highest BCUT2D eigenvalue weighted by Gasteiger charge is 2.41. The highest BCUT2D eigenvalue weighted by atomic mass is 19.4. The third-order valence-electron chi connectivity index (χ3n) is 20.2. The van der Waals surface area contributed by atoms with Crippen molar-refractivity contribution in [1.29, 1.82) is 0 Å². The molecule has 0 unspecified atom stereocenters. The van der Waals surface area contributed by atoms with Crippen LogP contribution in [-0.4, -0.2) is 245 Å². The Kier molecular flexibility index (Phi) is 56.6. The Morgan fingerprint density at radius 1 is 0.377 bits per heavy atom. The first-order valence-corrected chi connectivity index (χ1v) is 42.7. The first-order chi connectivity index (χ1) is 60.6. The van der Waals surface area contributed by atoms with Gasteiger partial charge in [0.25, 0.3) is 0 Å². The number of benzene rings is 2. The molecule has 0 aliphatic rings. The van der Waals surface area contributed by atoms with E-state index < -0.39 is 216 Å². The van der Waals surface area contributed by atoms with Gasteiger partial charge >= 0.3 is 24.1 Å². The molecule has 0 heterocycles. The number of primary amides is 1. The molecule has 13 amide bonds. The van der Waals surface area contributed by atoms with E-state index in [9.17, 15) is 95.3 Å². The average Bonchev–Trinajstić information content (AvgIpc) is 0.842. The standard InChI is InChI=1S/C80H135N25O17.C2HF3O2.CH4/c1-9-46(7)63(75(119)97-52(29-18-20-36-82)67(111)102-59(43-61(107)108)73(117)101-58(42-49-26-15-12-16-27-49)72(116)100-57(40-44(3)4)71(115)99-56(77(121)122)32-23-39-93-80(89)90)104-69(113)54(31-22-38-92-79(87)88)96-68(112)55(33-34-60(84)106)98-74(118)62(45(5)6)103-76(120)64(47(8)10-2)105-70(114)53(30-21-37-91-78(85)86)95-66(110)51(28-17-19-35-81)94-65(109)50(83)41-48-24-13-11-14-25-48;3-2(4,5)1(6)7;/h11-16,24-27,44-47,50-59,62-64H,9-10,17-23,28-43,81-83H2,1-8H3,(H2,84,106)(H,94,109)(H,95,110)(H,96,112)(H,97,119)(H,98,118)(H,99,115)(H,100,116)(H,101,117)(H,102,111)(H,103,120)(H,104,113)(H,105,114)(H,107,108)(H,121,122)(H4,85,86,91)(H4,87,88,92)(H4,89,90,93);(H,6,7);1H4/t46-,47-,50-,51-,52-,53-,54-,55-,56-,57-,58-,59-,62-,63-,64-;;/m0../s1. The summed E-state index contributed by atoms with van der Waals surface area (Å²) in [4.78, 5) is 232. The quantitative estimate of drug-likeness (QED) is 0.0177. The van der Waals surface area contributed by atoms with E-state index in [0.717, 1.165) is 5.56 Å². The topological polar surface area (TPSA) is 775 Å². The molecule has 35 N–H and O–H groups in total. The Bertz CT molecular complexity index is 4030. The highest BCUT2D eigenvalue weighted by molar-refractivity contribution is 6.01. The molecular formula is C83H140F3N25O19. The zero-order chi connectivity index (χ0) is 97.8. The molecule has 2 aromatic rings. The van der Waals surface area contributed by atoms with Crippen LogP contribution in [0.25, 0.3) is 0 Å². The molecule has 47 heteroatoms. The second-order valence-corrected chi connectivity index (χ2v) is 31.8. The number of nitrogens with one attached hydrogen (secondary N) is 12. The second-order valence-electron chi connectivity index (χ2n) is 31.8. The van der Waals surface area contributed by atoms with Crippen molar-refractivity contribution in [3.05, 3.63) is 71.8 Å². The van der Waals surface area contributed by atoms with E-state index in [1.165, 1.54) is 0 Å². The van der Waals surface area contributed by atoms with Crippen LogP contribution in [0.15, 0.2) is 75.6 Å². The summed E-state index contributed by atoms with van der Waals surface area (Å²) < 4.78 is 31.7. The van der Waals surface area contributed by atoms with Crippen LogP contribution in [0.5, 0.6) is 0 Å². The van der Waals surface area contributed by atoms with Gasteiger partial charge in [0.15, 0.2) is 17.9 Å². The van der Waals surface area contributed by atoms with Crippen LogP contribution in [0.3, 0.4) is 0 Å². The van der Waals surface area contributed by atoms with Gasteiger partial charge in [0, 0.05) is 32.5 Å². The number of aliphatic carboxylic acids is 3. The molecule has 0 saturated heterocycles. The number of amides is 13. The van der Waals surface area contributed by atoms with Gasteiger partial charge < -0.3 is 136 Å². The molecular weight excluding hydrogens is 1710 g/mol. The van der Waals surface area contributed by atoms with Crippen LogP contribution >= 0.6 is 0 Å². The third kappa shape index (κ3) is 48.0. The molecule has 2 aromatic carbocycles. The van der Waals surface area contributed by atoms with Crippen molar-refractivity contribution in [2.24, 2.45) is 96.0 Å². The zero-order valence-electron chi connectivity index (χ0n) is 74.4. The summed E-state index contributed by atoms with van der Waals surface area (Å²) in [6, 6.07) is -1.97. The predicted octanol–water partition coefficient (Wildman–Crippen LogP) is -3.08. The van der Waals surface area contributed by atoms with Gasteiger partial charge in [-0.3, -0.25) is 82.1 Å². The maximum absolute atomic E-state index is 14.9. The van der Waals surface area contributed by atoms with Gasteiger partial charge in [-0.05, 0) is 144 Å². The molecule has 2 rings (SSSR count). The molecule has 0 saturated carbocycles. The van der Waals surface area contributed by atoms with Gasteiger partial charge in [0.1, 0.15) is 72.5 Å². The Morgan fingerprint density at radius 2 is 0.677 bits per heavy atom. The van der Waals surface area contributed by atoms with Crippen LogP contribution < -0.4 is 121 Å². The summed E-state index contributed by atoms with van der Waals surface area (Å²) in [5.41, 5.74) is 58.0. The molecule has 130 heavy (non-hydrogen) atoms. The van der Waals surface area contributed by atoms with E-state index in [4.69, 9.17) is 67.2 Å². The number of nitrogens with two attached hydrogens (primary N) is 10. The predicted molar refractivity (Wildman–Crippen MR) is 479 cm³/mol. The first-order valence-electron chi connectivity index (χ1n) is 42.7. The number of carbonyl (C=O) groups is 16. The van der Waals surface area contributed by atoms with Gasteiger partial charge in [-0.15, -0.1) is 0 Å². The van der Waals surface area contributed by atoms with Gasteiger partial charge in [0.05, 0.1) is 12.5 Å². The molecule has 732 valence electrons. The Labute approximate surface area is 755 Å². The third-order valence-corrected chi connectivity index (χ3v) is 20.2. The second kappa shape index (κ2) is 62.6. The maximum atomic E-state index is 14.9. The fraction of sp³-hybridized carbons (Fsp3) is 0.627. The Balaban J connectivity index is 0.0000199. The molecule has 0 aliphatic heterocycles. The van der Waals surface area contributed by atoms with Gasteiger partial charge in [0.2, 0.25) is 76.8 Å². The number of hydrogen-bond donors (Lipinski definition) is 25. The van der Waals surface area contributed by atoms with E-state index in [1.807, 2.05) is 6.07 Å². The minimum Gasteiger partial charge on any atom is -0.481 e.